The van der Waals surface area contributed by atoms with E-state index >= 15 is 0 Å². The van der Waals surface area contributed by atoms with Crippen molar-refractivity contribution >= 4 is 23.3 Å². The van der Waals surface area contributed by atoms with E-state index in [-0.39, 0.29) is 51.8 Å². The Bertz CT molecular complexity index is 1770. The monoisotopic (exact) mass is 615 g/mol. The average molecular weight is 616 g/mol. The van der Waals surface area contributed by atoms with Crippen LogP contribution in [0.25, 0.3) is 5.69 Å². The van der Waals surface area contributed by atoms with Crippen molar-refractivity contribution in [3.63, 3.8) is 0 Å². The maximum atomic E-state index is 14.1. The molecule has 228 valence electrons. The zero-order chi connectivity index (χ0) is 31.4. The van der Waals surface area contributed by atoms with Crippen LogP contribution < -0.4 is 19.7 Å². The number of carboxylic acid groups (broad SMARTS) is 1. The Morgan fingerprint density at radius 2 is 1.86 bits per heavy atom. The number of ether oxygens (including phenoxy) is 2. The molecule has 0 saturated heterocycles. The quantitative estimate of drug-likeness (QED) is 0.251. The standard InChI is InChI=1S/C29H22F5N5O5/c1-38(17-9-11-22-23(13-17)44-29(33,34)43-22)26(40)15-4-2-5-18(12-15)39-24-19(25(37-39)28(30,31)32)6-3-7-20(24)36-16-8-10-21(27(41)42)35-14-16/h2,4-5,8-14,20,36H,3,6-7H2,1H3,(H,41,42). The van der Waals surface area contributed by atoms with Gasteiger partial charge in [-0.25, -0.2) is 14.5 Å². The molecule has 0 saturated carbocycles. The van der Waals surface area contributed by atoms with Gasteiger partial charge in [-0.2, -0.15) is 18.3 Å². The molecule has 1 unspecified atom stereocenters. The summed E-state index contributed by atoms with van der Waals surface area (Å²) in [5, 5.41) is 16.2. The first-order valence-corrected chi connectivity index (χ1v) is 13.2. The second-order valence-electron chi connectivity index (χ2n) is 10.2. The summed E-state index contributed by atoms with van der Waals surface area (Å²) in [7, 11) is 1.41. The van der Waals surface area contributed by atoms with Gasteiger partial charge in [-0.05, 0) is 61.7 Å². The summed E-state index contributed by atoms with van der Waals surface area (Å²) in [6.45, 7) is 0. The number of carboxylic acids is 1. The minimum atomic E-state index is -4.74. The number of hydrogen-bond acceptors (Lipinski definition) is 7. The molecule has 3 heterocycles. The molecule has 0 radical (unpaired) electrons. The molecule has 2 aromatic heterocycles. The van der Waals surface area contributed by atoms with Crippen LogP contribution in [0.3, 0.4) is 0 Å². The van der Waals surface area contributed by atoms with Crippen LogP contribution in [0, 0.1) is 0 Å². The van der Waals surface area contributed by atoms with Crippen LogP contribution in [-0.2, 0) is 12.6 Å². The van der Waals surface area contributed by atoms with Gasteiger partial charge in [-0.15, -0.1) is 8.78 Å². The first-order valence-electron chi connectivity index (χ1n) is 13.2. The van der Waals surface area contributed by atoms with Gasteiger partial charge >= 0.3 is 18.4 Å². The lowest BCUT2D eigenvalue weighted by Gasteiger charge is -2.26. The van der Waals surface area contributed by atoms with E-state index < -0.39 is 36.1 Å². The molecule has 0 spiro atoms. The number of benzene rings is 2. The van der Waals surface area contributed by atoms with Crippen molar-refractivity contribution in [2.75, 3.05) is 17.3 Å². The van der Waals surface area contributed by atoms with E-state index in [2.05, 4.69) is 24.9 Å². The number of anilines is 2. The number of halogens is 5. The van der Waals surface area contributed by atoms with Crippen molar-refractivity contribution in [3.05, 3.63) is 89.0 Å². The summed E-state index contributed by atoms with van der Waals surface area (Å²) >= 11 is 0. The fourth-order valence-corrected chi connectivity index (χ4v) is 5.29. The summed E-state index contributed by atoms with van der Waals surface area (Å²) in [6, 6.07) is 11.8. The number of nitrogens with one attached hydrogen (secondary N) is 1. The number of nitrogens with zero attached hydrogens (tertiary/aromatic N) is 4. The minimum absolute atomic E-state index is 0.0161. The first-order chi connectivity index (χ1) is 20.8. The highest BCUT2D eigenvalue weighted by molar-refractivity contribution is 6.06. The number of fused-ring (bicyclic) bond motifs is 2. The number of hydrogen-bond donors (Lipinski definition) is 2. The molecule has 1 aliphatic heterocycles. The molecule has 2 N–H and O–H groups in total. The molecule has 1 aliphatic carbocycles. The average Bonchev–Trinajstić information content (AvgIpc) is 3.53. The highest BCUT2D eigenvalue weighted by atomic mass is 19.4. The van der Waals surface area contributed by atoms with E-state index in [0.717, 1.165) is 4.68 Å². The van der Waals surface area contributed by atoms with Crippen molar-refractivity contribution in [1.82, 2.24) is 14.8 Å². The fourth-order valence-electron chi connectivity index (χ4n) is 5.29. The third-order valence-electron chi connectivity index (χ3n) is 7.28. The SMILES string of the molecule is CN(C(=O)c1cccc(-n2nc(C(F)(F)F)c3c2C(Nc2ccc(C(=O)O)nc2)CCC3)c1)c1ccc2c(c1)OC(F)(F)O2. The number of alkyl halides is 5. The topological polar surface area (TPSA) is 119 Å². The van der Waals surface area contributed by atoms with E-state index in [1.807, 2.05) is 0 Å². The Morgan fingerprint density at radius 1 is 1.09 bits per heavy atom. The van der Waals surface area contributed by atoms with E-state index in [0.29, 0.717) is 18.5 Å². The van der Waals surface area contributed by atoms with Gasteiger partial charge in [0, 0.05) is 29.9 Å². The molecule has 4 aromatic rings. The highest BCUT2D eigenvalue weighted by Gasteiger charge is 2.44. The summed E-state index contributed by atoms with van der Waals surface area (Å²) in [5.41, 5.74) is -0.0556. The summed E-state index contributed by atoms with van der Waals surface area (Å²) in [4.78, 5) is 29.6. The van der Waals surface area contributed by atoms with Crippen LogP contribution in [0.2, 0.25) is 0 Å². The molecule has 2 aliphatic rings. The second-order valence-corrected chi connectivity index (χ2v) is 10.2. The van der Waals surface area contributed by atoms with Gasteiger partial charge < -0.3 is 24.8 Å². The van der Waals surface area contributed by atoms with Gasteiger partial charge in [0.1, 0.15) is 5.69 Å². The van der Waals surface area contributed by atoms with Crippen LogP contribution in [0.5, 0.6) is 11.5 Å². The number of carbonyl (C=O) groups is 2. The first kappa shape index (κ1) is 28.9. The number of amides is 1. The Hall–Kier alpha value is -5.21. The van der Waals surface area contributed by atoms with Gasteiger partial charge in [-0.3, -0.25) is 4.79 Å². The lowest BCUT2D eigenvalue weighted by molar-refractivity contribution is -0.286. The Kier molecular flexibility index (Phi) is 6.89. The van der Waals surface area contributed by atoms with Gasteiger partial charge in [-0.1, -0.05) is 6.07 Å². The summed E-state index contributed by atoms with van der Waals surface area (Å²) in [6.07, 6.45) is -6.28. The molecule has 0 bridgehead atoms. The van der Waals surface area contributed by atoms with Gasteiger partial charge in [0.15, 0.2) is 17.2 Å². The molecular weight excluding hydrogens is 593 g/mol. The van der Waals surface area contributed by atoms with Crippen molar-refractivity contribution < 1.29 is 46.1 Å². The molecular formula is C29H22F5N5O5. The second kappa shape index (κ2) is 10.5. The van der Waals surface area contributed by atoms with E-state index in [9.17, 15) is 31.5 Å². The van der Waals surface area contributed by atoms with E-state index in [1.54, 1.807) is 0 Å². The van der Waals surface area contributed by atoms with Crippen LogP contribution in [0.15, 0.2) is 60.8 Å². The fraction of sp³-hybridized carbons (Fsp3) is 0.241. The van der Waals surface area contributed by atoms with Gasteiger partial charge in [0.05, 0.1) is 29.3 Å². The van der Waals surface area contributed by atoms with Gasteiger partial charge in [0.2, 0.25) is 0 Å². The number of aromatic nitrogens is 3. The van der Waals surface area contributed by atoms with E-state index in [1.165, 1.54) is 72.7 Å². The summed E-state index contributed by atoms with van der Waals surface area (Å²) < 4.78 is 79.3. The molecule has 44 heavy (non-hydrogen) atoms. The number of pyridine rings is 1. The summed E-state index contributed by atoms with van der Waals surface area (Å²) in [5.74, 6) is -2.24. The van der Waals surface area contributed by atoms with Crippen molar-refractivity contribution in [3.8, 4) is 17.2 Å². The van der Waals surface area contributed by atoms with Crippen molar-refractivity contribution in [2.24, 2.45) is 0 Å². The van der Waals surface area contributed by atoms with Crippen LogP contribution in [0.4, 0.5) is 33.3 Å². The van der Waals surface area contributed by atoms with E-state index in [4.69, 9.17) is 5.11 Å². The van der Waals surface area contributed by atoms with Crippen LogP contribution in [0.1, 0.15) is 56.7 Å². The Balaban J connectivity index is 1.34. The third kappa shape index (κ3) is 5.36. The normalized spacial score (nSPS) is 16.7. The lowest BCUT2D eigenvalue weighted by Crippen LogP contribution is -2.26. The molecule has 15 heteroatoms. The predicted molar refractivity (Wildman–Crippen MR) is 144 cm³/mol. The predicted octanol–water partition coefficient (Wildman–Crippen LogP) is 6.07. The molecule has 6 rings (SSSR count). The van der Waals surface area contributed by atoms with Crippen LogP contribution in [-0.4, -0.2) is 45.1 Å². The molecule has 0 fully saturated rings. The third-order valence-corrected chi connectivity index (χ3v) is 7.28. The highest BCUT2D eigenvalue weighted by Crippen LogP contribution is 2.43. The number of rotatable bonds is 6. The smallest absolute Gasteiger partial charge is 0.477 e. The largest absolute Gasteiger partial charge is 0.586 e. The maximum absolute atomic E-state index is 14.1. The minimum Gasteiger partial charge on any atom is -0.477 e. The molecule has 1 amide bonds. The Labute approximate surface area is 245 Å². The lowest BCUT2D eigenvalue weighted by atomic mass is 9.91. The zero-order valence-electron chi connectivity index (χ0n) is 22.7. The maximum Gasteiger partial charge on any atom is 0.586 e. The van der Waals surface area contributed by atoms with Crippen molar-refractivity contribution in [1.29, 1.82) is 0 Å². The molecule has 2 aromatic carbocycles. The Morgan fingerprint density at radius 3 is 2.57 bits per heavy atom. The number of carbonyl (C=O) groups excluding carboxylic acids is 1. The van der Waals surface area contributed by atoms with Crippen molar-refractivity contribution in [2.45, 2.75) is 37.8 Å². The number of aromatic carboxylic acids is 1. The molecule has 10 nitrogen and oxygen atoms in total. The van der Waals surface area contributed by atoms with Gasteiger partial charge in [0.25, 0.3) is 5.91 Å². The molecule has 1 atom stereocenters. The van der Waals surface area contributed by atoms with Crippen LogP contribution >= 0.6 is 0 Å². The zero-order valence-corrected chi connectivity index (χ0v) is 22.7.